The summed E-state index contributed by atoms with van der Waals surface area (Å²) in [6, 6.07) is 62.3. The second-order valence-corrected chi connectivity index (χ2v) is 12.7. The Morgan fingerprint density at radius 1 is 0.400 bits per heavy atom. The van der Waals surface area contributed by atoms with E-state index >= 15 is 0 Å². The van der Waals surface area contributed by atoms with Gasteiger partial charge in [-0.25, -0.2) is 9.97 Å². The highest BCUT2D eigenvalue weighted by Crippen LogP contribution is 2.40. The number of hydrogen-bond donors (Lipinski definition) is 0. The Kier molecular flexibility index (Phi) is 6.46. The van der Waals surface area contributed by atoms with Crippen molar-refractivity contribution in [3.8, 4) is 45.0 Å². The van der Waals surface area contributed by atoms with Crippen molar-refractivity contribution in [2.24, 2.45) is 0 Å². The molecule has 0 spiro atoms. The number of benzene rings is 6. The third kappa shape index (κ3) is 4.46. The van der Waals surface area contributed by atoms with E-state index in [1.54, 1.807) is 0 Å². The Hall–Kier alpha value is -6.78. The Morgan fingerprint density at radius 2 is 1.08 bits per heavy atom. The monoisotopic (exact) mass is 638 g/mol. The van der Waals surface area contributed by atoms with E-state index < -0.39 is 0 Å². The fourth-order valence-electron chi connectivity index (χ4n) is 7.53. The van der Waals surface area contributed by atoms with Crippen LogP contribution in [0.3, 0.4) is 0 Å². The first-order valence-corrected chi connectivity index (χ1v) is 16.9. The molecular weight excluding hydrogens is 609 g/mol. The maximum Gasteiger partial charge on any atom is 0.146 e. The van der Waals surface area contributed by atoms with Gasteiger partial charge in [-0.05, 0) is 71.3 Å². The largest absolute Gasteiger partial charge is 0.309 e. The molecule has 4 aromatic heterocycles. The number of nitrogens with zero attached hydrogens (tertiary/aromatic N) is 4. The summed E-state index contributed by atoms with van der Waals surface area (Å²) in [6.45, 7) is 0. The summed E-state index contributed by atoms with van der Waals surface area (Å²) in [5.74, 6) is 0.836. The highest BCUT2D eigenvalue weighted by atomic mass is 15.1. The van der Waals surface area contributed by atoms with E-state index in [0.29, 0.717) is 0 Å². The molecule has 0 radical (unpaired) electrons. The summed E-state index contributed by atoms with van der Waals surface area (Å²) >= 11 is 0. The van der Waals surface area contributed by atoms with Crippen molar-refractivity contribution in [2.45, 2.75) is 0 Å². The molecule has 4 heterocycles. The molecule has 10 aromatic rings. The van der Waals surface area contributed by atoms with E-state index in [-0.39, 0.29) is 0 Å². The Bertz CT molecular complexity index is 2790. The van der Waals surface area contributed by atoms with E-state index in [2.05, 4.69) is 173 Å². The van der Waals surface area contributed by atoms with Crippen molar-refractivity contribution >= 4 is 43.7 Å². The Morgan fingerprint density at radius 3 is 1.90 bits per heavy atom. The van der Waals surface area contributed by atoms with Crippen molar-refractivity contribution in [3.63, 3.8) is 0 Å². The molecule has 6 aromatic carbocycles. The van der Waals surface area contributed by atoms with Gasteiger partial charge in [0.25, 0.3) is 0 Å². The van der Waals surface area contributed by atoms with Gasteiger partial charge in [0.15, 0.2) is 0 Å². The van der Waals surface area contributed by atoms with Crippen LogP contribution in [0.15, 0.2) is 182 Å². The highest BCUT2D eigenvalue weighted by molar-refractivity contribution is 6.15. The lowest BCUT2D eigenvalue weighted by atomic mass is 10.00. The predicted molar refractivity (Wildman–Crippen MR) is 207 cm³/mol. The van der Waals surface area contributed by atoms with E-state index in [0.717, 1.165) is 61.4 Å². The molecule has 0 N–H and O–H groups in total. The van der Waals surface area contributed by atoms with Crippen molar-refractivity contribution in [1.29, 1.82) is 0 Å². The lowest BCUT2D eigenvalue weighted by molar-refractivity contribution is 1.06. The van der Waals surface area contributed by atoms with E-state index in [9.17, 15) is 0 Å². The molecule has 0 saturated carbocycles. The molecule has 0 aliphatic heterocycles. The standard InChI is InChI=1S/C46H30N4/c1-4-14-31(15-5-1)34-29-41(32-16-6-2-7-17-32)48-44(30-34)50-43-26-25-33(28-40(43)39-23-13-27-47-46(39)50)36-21-12-22-38-37-20-10-11-24-42(37)49(45(36)38)35-18-8-3-9-19-35/h1-30H. The zero-order chi connectivity index (χ0) is 33.0. The molecular formula is C46H30N4. The van der Waals surface area contributed by atoms with Gasteiger partial charge < -0.3 is 4.57 Å². The molecule has 0 amide bonds. The van der Waals surface area contributed by atoms with E-state index in [4.69, 9.17) is 9.97 Å². The number of para-hydroxylation sites is 3. The zero-order valence-corrected chi connectivity index (χ0v) is 27.1. The summed E-state index contributed by atoms with van der Waals surface area (Å²) in [5, 5.41) is 4.71. The first-order valence-electron chi connectivity index (χ1n) is 16.9. The van der Waals surface area contributed by atoms with Crippen LogP contribution in [0.1, 0.15) is 0 Å². The smallest absolute Gasteiger partial charge is 0.146 e. The molecule has 0 saturated heterocycles. The fourth-order valence-corrected chi connectivity index (χ4v) is 7.53. The molecule has 10 rings (SSSR count). The van der Waals surface area contributed by atoms with Crippen LogP contribution in [-0.4, -0.2) is 19.1 Å². The number of rotatable bonds is 5. The van der Waals surface area contributed by atoms with Crippen LogP contribution in [0.4, 0.5) is 0 Å². The highest BCUT2D eigenvalue weighted by Gasteiger charge is 2.20. The third-order valence-electron chi connectivity index (χ3n) is 9.76. The summed E-state index contributed by atoms with van der Waals surface area (Å²) in [7, 11) is 0. The van der Waals surface area contributed by atoms with Crippen LogP contribution in [-0.2, 0) is 0 Å². The lowest BCUT2D eigenvalue weighted by Crippen LogP contribution is -2.01. The van der Waals surface area contributed by atoms with E-state index in [1.807, 2.05) is 18.3 Å². The molecule has 0 aliphatic rings. The van der Waals surface area contributed by atoms with Gasteiger partial charge in [-0.15, -0.1) is 0 Å². The Labute approximate surface area is 289 Å². The second kappa shape index (κ2) is 11.4. The molecule has 0 atom stereocenters. The van der Waals surface area contributed by atoms with Crippen molar-refractivity contribution in [1.82, 2.24) is 19.1 Å². The second-order valence-electron chi connectivity index (χ2n) is 12.7. The molecule has 0 aliphatic carbocycles. The van der Waals surface area contributed by atoms with E-state index in [1.165, 1.54) is 27.4 Å². The van der Waals surface area contributed by atoms with Crippen LogP contribution in [0.25, 0.3) is 88.8 Å². The fraction of sp³-hybridized carbons (Fsp3) is 0. The topological polar surface area (TPSA) is 35.6 Å². The maximum absolute atomic E-state index is 5.28. The molecule has 4 nitrogen and oxygen atoms in total. The van der Waals surface area contributed by atoms with Crippen LogP contribution >= 0.6 is 0 Å². The van der Waals surface area contributed by atoms with Crippen LogP contribution in [0.2, 0.25) is 0 Å². The summed E-state index contributed by atoms with van der Waals surface area (Å²) < 4.78 is 4.62. The summed E-state index contributed by atoms with van der Waals surface area (Å²) in [6.07, 6.45) is 1.87. The van der Waals surface area contributed by atoms with Gasteiger partial charge in [-0.2, -0.15) is 0 Å². The minimum Gasteiger partial charge on any atom is -0.309 e. The normalized spacial score (nSPS) is 11.6. The molecule has 0 bridgehead atoms. The molecule has 50 heavy (non-hydrogen) atoms. The van der Waals surface area contributed by atoms with Crippen LogP contribution in [0.5, 0.6) is 0 Å². The molecule has 0 fully saturated rings. The quantitative estimate of drug-likeness (QED) is 0.188. The number of pyridine rings is 2. The number of aromatic nitrogens is 4. The average Bonchev–Trinajstić information content (AvgIpc) is 3.71. The zero-order valence-electron chi connectivity index (χ0n) is 27.1. The number of hydrogen-bond acceptors (Lipinski definition) is 2. The van der Waals surface area contributed by atoms with Crippen LogP contribution in [0, 0.1) is 0 Å². The first-order chi connectivity index (χ1) is 24.8. The minimum absolute atomic E-state index is 0.836. The molecule has 4 heteroatoms. The lowest BCUT2D eigenvalue weighted by Gasteiger charge is -2.13. The van der Waals surface area contributed by atoms with Gasteiger partial charge in [0.05, 0.1) is 22.2 Å². The van der Waals surface area contributed by atoms with Gasteiger partial charge in [-0.3, -0.25) is 4.57 Å². The van der Waals surface area contributed by atoms with Gasteiger partial charge in [0.2, 0.25) is 0 Å². The summed E-state index contributed by atoms with van der Waals surface area (Å²) in [4.78, 5) is 10.2. The average molecular weight is 639 g/mol. The Balaban J connectivity index is 1.23. The van der Waals surface area contributed by atoms with Crippen LogP contribution < -0.4 is 0 Å². The van der Waals surface area contributed by atoms with Gasteiger partial charge in [0, 0.05) is 44.6 Å². The predicted octanol–water partition coefficient (Wildman–Crippen LogP) is 11.7. The number of fused-ring (bicyclic) bond motifs is 6. The van der Waals surface area contributed by atoms with Gasteiger partial charge >= 0.3 is 0 Å². The van der Waals surface area contributed by atoms with Crippen molar-refractivity contribution < 1.29 is 0 Å². The third-order valence-corrected chi connectivity index (χ3v) is 9.76. The maximum atomic E-state index is 5.28. The first kappa shape index (κ1) is 28.3. The van der Waals surface area contributed by atoms with Crippen molar-refractivity contribution in [2.75, 3.05) is 0 Å². The minimum atomic E-state index is 0.836. The summed E-state index contributed by atoms with van der Waals surface area (Å²) in [5.41, 5.74) is 12.1. The van der Waals surface area contributed by atoms with Crippen molar-refractivity contribution in [3.05, 3.63) is 182 Å². The SMILES string of the molecule is c1ccc(-c2cc(-c3ccccc3)nc(-n3c4ccc(-c5cccc6c7ccccc7n(-c7ccccc7)c56)cc4c4cccnc43)c2)cc1. The molecule has 234 valence electrons. The van der Waals surface area contributed by atoms with Gasteiger partial charge in [-0.1, -0.05) is 121 Å². The molecule has 0 unspecified atom stereocenters. The van der Waals surface area contributed by atoms with Gasteiger partial charge in [0.1, 0.15) is 11.5 Å².